The van der Waals surface area contributed by atoms with Crippen LogP contribution in [0.1, 0.15) is 29.0 Å². The Labute approximate surface area is 117 Å². The van der Waals surface area contributed by atoms with Gasteiger partial charge in [0.2, 0.25) is 0 Å². The molecular formula is C15H15ClN2O. The van der Waals surface area contributed by atoms with Gasteiger partial charge in [0.15, 0.2) is 0 Å². The number of pyridine rings is 1. The van der Waals surface area contributed by atoms with Crippen LogP contribution >= 0.6 is 11.6 Å². The van der Waals surface area contributed by atoms with E-state index in [2.05, 4.69) is 4.98 Å². The third-order valence-electron chi connectivity index (χ3n) is 3.12. The lowest BCUT2D eigenvalue weighted by atomic mass is 10.1. The van der Waals surface area contributed by atoms with Crippen LogP contribution < -0.4 is 0 Å². The summed E-state index contributed by atoms with van der Waals surface area (Å²) in [7, 11) is 1.77. The van der Waals surface area contributed by atoms with Gasteiger partial charge in [0, 0.05) is 18.3 Å². The fourth-order valence-electron chi connectivity index (χ4n) is 1.83. The molecular weight excluding hydrogens is 260 g/mol. The van der Waals surface area contributed by atoms with E-state index < -0.39 is 0 Å². The SMILES string of the molecule is CC(c1ccccc1)N(C)C(=O)c1cc(Cl)ccn1. The van der Waals surface area contributed by atoms with Gasteiger partial charge < -0.3 is 4.90 Å². The van der Waals surface area contributed by atoms with Gasteiger partial charge in [-0.25, -0.2) is 0 Å². The number of hydrogen-bond donors (Lipinski definition) is 0. The molecule has 0 radical (unpaired) electrons. The summed E-state index contributed by atoms with van der Waals surface area (Å²) in [6.45, 7) is 1.98. The number of amides is 1. The van der Waals surface area contributed by atoms with E-state index >= 15 is 0 Å². The highest BCUT2D eigenvalue weighted by atomic mass is 35.5. The second-order valence-corrected chi connectivity index (χ2v) is 4.80. The topological polar surface area (TPSA) is 33.2 Å². The van der Waals surface area contributed by atoms with Gasteiger partial charge in [-0.2, -0.15) is 0 Å². The molecule has 2 aromatic rings. The molecule has 0 N–H and O–H groups in total. The molecule has 1 aromatic heterocycles. The maximum atomic E-state index is 12.3. The first-order chi connectivity index (χ1) is 9.09. The molecule has 0 saturated heterocycles. The van der Waals surface area contributed by atoms with Crippen molar-refractivity contribution in [3.05, 3.63) is 64.9 Å². The summed E-state index contributed by atoms with van der Waals surface area (Å²) in [6.07, 6.45) is 1.54. The molecule has 1 amide bonds. The van der Waals surface area contributed by atoms with E-state index in [0.29, 0.717) is 10.7 Å². The van der Waals surface area contributed by atoms with Crippen LogP contribution in [0, 0.1) is 0 Å². The summed E-state index contributed by atoms with van der Waals surface area (Å²) < 4.78 is 0. The van der Waals surface area contributed by atoms with Crippen LogP contribution in [0.4, 0.5) is 0 Å². The van der Waals surface area contributed by atoms with E-state index in [-0.39, 0.29) is 11.9 Å². The predicted molar refractivity (Wildman–Crippen MR) is 76.2 cm³/mol. The van der Waals surface area contributed by atoms with Crippen molar-refractivity contribution in [3.63, 3.8) is 0 Å². The maximum Gasteiger partial charge on any atom is 0.272 e. The standard InChI is InChI=1S/C15H15ClN2O/c1-11(12-6-4-3-5-7-12)18(2)15(19)14-10-13(16)8-9-17-14/h3-11H,1-2H3. The zero-order chi connectivity index (χ0) is 13.8. The van der Waals surface area contributed by atoms with Crippen molar-refractivity contribution in [1.29, 1.82) is 0 Å². The van der Waals surface area contributed by atoms with Crippen LogP contribution in [0.25, 0.3) is 0 Å². The first-order valence-electron chi connectivity index (χ1n) is 6.03. The Kier molecular flexibility index (Phi) is 4.17. The molecule has 0 aliphatic carbocycles. The van der Waals surface area contributed by atoms with E-state index in [1.165, 1.54) is 6.20 Å². The molecule has 0 aliphatic rings. The smallest absolute Gasteiger partial charge is 0.272 e. The van der Waals surface area contributed by atoms with Gasteiger partial charge in [-0.05, 0) is 24.6 Å². The molecule has 2 rings (SSSR count). The molecule has 0 bridgehead atoms. The molecule has 1 heterocycles. The Balaban J connectivity index is 2.20. The molecule has 4 heteroatoms. The first-order valence-corrected chi connectivity index (χ1v) is 6.41. The van der Waals surface area contributed by atoms with Crippen molar-refractivity contribution in [1.82, 2.24) is 9.88 Å². The van der Waals surface area contributed by atoms with Gasteiger partial charge >= 0.3 is 0 Å². The van der Waals surface area contributed by atoms with Gasteiger partial charge in [0.1, 0.15) is 5.69 Å². The number of benzene rings is 1. The average Bonchev–Trinajstić information content (AvgIpc) is 2.46. The van der Waals surface area contributed by atoms with Gasteiger partial charge in [-0.15, -0.1) is 0 Å². The molecule has 19 heavy (non-hydrogen) atoms. The van der Waals surface area contributed by atoms with Crippen LogP contribution in [0.2, 0.25) is 5.02 Å². The third-order valence-corrected chi connectivity index (χ3v) is 3.36. The quantitative estimate of drug-likeness (QED) is 0.857. The number of rotatable bonds is 3. The van der Waals surface area contributed by atoms with Gasteiger partial charge in [-0.3, -0.25) is 9.78 Å². The number of hydrogen-bond acceptors (Lipinski definition) is 2. The summed E-state index contributed by atoms with van der Waals surface area (Å²) in [4.78, 5) is 18.0. The fourth-order valence-corrected chi connectivity index (χ4v) is 1.99. The van der Waals surface area contributed by atoms with Crippen molar-refractivity contribution in [2.24, 2.45) is 0 Å². The molecule has 98 valence electrons. The van der Waals surface area contributed by atoms with Crippen LogP contribution in [-0.4, -0.2) is 22.8 Å². The predicted octanol–water partition coefficient (Wildman–Crippen LogP) is 3.57. The molecule has 0 fully saturated rings. The molecule has 0 saturated carbocycles. The van der Waals surface area contributed by atoms with Gasteiger partial charge in [0.25, 0.3) is 5.91 Å². The Hall–Kier alpha value is -1.87. The zero-order valence-electron chi connectivity index (χ0n) is 10.9. The lowest BCUT2D eigenvalue weighted by Gasteiger charge is -2.25. The Morgan fingerprint density at radius 3 is 2.58 bits per heavy atom. The highest BCUT2D eigenvalue weighted by Gasteiger charge is 2.19. The number of halogens is 1. The van der Waals surface area contributed by atoms with Crippen molar-refractivity contribution in [2.45, 2.75) is 13.0 Å². The molecule has 0 aliphatic heterocycles. The average molecular weight is 275 g/mol. The van der Waals surface area contributed by atoms with Crippen LogP contribution in [0.5, 0.6) is 0 Å². The maximum absolute atomic E-state index is 12.3. The van der Waals surface area contributed by atoms with E-state index in [9.17, 15) is 4.79 Å². The van der Waals surface area contributed by atoms with E-state index in [1.807, 2.05) is 37.3 Å². The van der Waals surface area contributed by atoms with Gasteiger partial charge in [0.05, 0.1) is 6.04 Å². The highest BCUT2D eigenvalue weighted by Crippen LogP contribution is 2.20. The number of aromatic nitrogens is 1. The lowest BCUT2D eigenvalue weighted by molar-refractivity contribution is 0.0736. The highest BCUT2D eigenvalue weighted by molar-refractivity contribution is 6.30. The summed E-state index contributed by atoms with van der Waals surface area (Å²) >= 11 is 5.88. The third kappa shape index (κ3) is 3.12. The summed E-state index contributed by atoms with van der Waals surface area (Å²) in [5, 5.41) is 0.513. The van der Waals surface area contributed by atoms with Crippen LogP contribution in [0.3, 0.4) is 0 Å². The van der Waals surface area contributed by atoms with Gasteiger partial charge in [-0.1, -0.05) is 41.9 Å². The monoisotopic (exact) mass is 274 g/mol. The summed E-state index contributed by atoms with van der Waals surface area (Å²) in [6, 6.07) is 13.1. The largest absolute Gasteiger partial charge is 0.334 e. The second kappa shape index (κ2) is 5.85. The molecule has 1 unspecified atom stereocenters. The molecule has 0 spiro atoms. The lowest BCUT2D eigenvalue weighted by Crippen LogP contribution is -2.30. The Morgan fingerprint density at radius 1 is 1.26 bits per heavy atom. The number of nitrogens with zero attached hydrogens (tertiary/aromatic N) is 2. The van der Waals surface area contributed by atoms with E-state index in [4.69, 9.17) is 11.6 Å². The van der Waals surface area contributed by atoms with E-state index in [0.717, 1.165) is 5.56 Å². The van der Waals surface area contributed by atoms with E-state index in [1.54, 1.807) is 24.1 Å². The second-order valence-electron chi connectivity index (χ2n) is 4.36. The van der Waals surface area contributed by atoms with Crippen molar-refractivity contribution < 1.29 is 4.79 Å². The van der Waals surface area contributed by atoms with Crippen molar-refractivity contribution >= 4 is 17.5 Å². The molecule has 1 atom stereocenters. The minimum Gasteiger partial charge on any atom is -0.334 e. The first kappa shape index (κ1) is 13.6. The zero-order valence-corrected chi connectivity index (χ0v) is 11.6. The summed E-state index contributed by atoms with van der Waals surface area (Å²) in [5.74, 6) is -0.140. The minimum atomic E-state index is -0.140. The molecule has 1 aromatic carbocycles. The Bertz CT molecular complexity index is 571. The minimum absolute atomic E-state index is 0.0190. The van der Waals surface area contributed by atoms with Crippen LogP contribution in [-0.2, 0) is 0 Å². The van der Waals surface area contributed by atoms with Crippen molar-refractivity contribution in [2.75, 3.05) is 7.05 Å². The van der Waals surface area contributed by atoms with Crippen molar-refractivity contribution in [3.8, 4) is 0 Å². The normalized spacial score (nSPS) is 11.9. The Morgan fingerprint density at radius 2 is 1.95 bits per heavy atom. The fraction of sp³-hybridized carbons (Fsp3) is 0.200. The van der Waals surface area contributed by atoms with Crippen LogP contribution in [0.15, 0.2) is 48.7 Å². The molecule has 3 nitrogen and oxygen atoms in total. The summed E-state index contributed by atoms with van der Waals surface area (Å²) in [5.41, 5.74) is 1.44. The number of carbonyl (C=O) groups excluding carboxylic acids is 1. The number of carbonyl (C=O) groups is 1.